The fourth-order valence-electron chi connectivity index (χ4n) is 4.66. The zero-order valence-electron chi connectivity index (χ0n) is 20.1. The van der Waals surface area contributed by atoms with Crippen LogP contribution in [0.5, 0.6) is 5.75 Å². The molecule has 1 aliphatic rings. The van der Waals surface area contributed by atoms with E-state index < -0.39 is 46.7 Å². The molecule has 190 valence electrons. The third-order valence-electron chi connectivity index (χ3n) is 6.84. The van der Waals surface area contributed by atoms with Crippen molar-refractivity contribution in [3.05, 3.63) is 70.6 Å². The van der Waals surface area contributed by atoms with Gasteiger partial charge in [-0.3, -0.25) is 9.69 Å². The van der Waals surface area contributed by atoms with E-state index in [9.17, 15) is 27.5 Å². The summed E-state index contributed by atoms with van der Waals surface area (Å²) in [5.74, 6) is -6.86. The van der Waals surface area contributed by atoms with E-state index in [2.05, 4.69) is 4.98 Å². The third-order valence-corrected chi connectivity index (χ3v) is 6.84. The summed E-state index contributed by atoms with van der Waals surface area (Å²) in [4.78, 5) is 23.5. The summed E-state index contributed by atoms with van der Waals surface area (Å²) in [6, 6.07) is 6.50. The van der Waals surface area contributed by atoms with E-state index in [0.29, 0.717) is 23.7 Å². The molecule has 0 atom stereocenters. The van der Waals surface area contributed by atoms with E-state index in [0.717, 1.165) is 38.2 Å². The van der Waals surface area contributed by atoms with Crippen molar-refractivity contribution in [2.24, 2.45) is 5.92 Å². The maximum absolute atomic E-state index is 14.4. The van der Waals surface area contributed by atoms with Crippen LogP contribution in [0.3, 0.4) is 0 Å². The van der Waals surface area contributed by atoms with Gasteiger partial charge in [0, 0.05) is 18.2 Å². The predicted octanol–water partition coefficient (Wildman–Crippen LogP) is 6.04. The maximum Gasteiger partial charge on any atom is 0.232 e. The van der Waals surface area contributed by atoms with E-state index in [4.69, 9.17) is 4.98 Å². The number of aromatic nitrogens is 2. The van der Waals surface area contributed by atoms with Crippen LogP contribution >= 0.6 is 0 Å². The van der Waals surface area contributed by atoms with Gasteiger partial charge in [-0.15, -0.1) is 0 Å². The Morgan fingerprint density at radius 2 is 1.64 bits per heavy atom. The number of nitrogens with zero attached hydrogens (tertiary/aromatic N) is 3. The molecule has 5 nitrogen and oxygen atoms in total. The highest BCUT2D eigenvalue weighted by atomic mass is 19.2. The topological polar surface area (TPSA) is 66.3 Å². The number of hydrogen-bond donors (Lipinski definition) is 1. The average molecular weight is 502 g/mol. The van der Waals surface area contributed by atoms with Gasteiger partial charge in [0.1, 0.15) is 5.75 Å². The summed E-state index contributed by atoms with van der Waals surface area (Å²) in [5, 5.41) is 9.59. The maximum atomic E-state index is 14.4. The fraction of sp³-hybridized carbons (Fsp3) is 0.370. The molecular weight excluding hydrogens is 474 g/mol. The van der Waals surface area contributed by atoms with Crippen LogP contribution in [0.4, 0.5) is 23.4 Å². The van der Waals surface area contributed by atoms with Crippen molar-refractivity contribution in [3.8, 4) is 17.0 Å². The van der Waals surface area contributed by atoms with Crippen LogP contribution in [0, 0.1) is 36.1 Å². The van der Waals surface area contributed by atoms with Crippen molar-refractivity contribution in [3.63, 3.8) is 0 Å². The number of likely N-dealkylation sites (N-methyl/N-ethyl adjacent to an activating group) is 1. The Kier molecular flexibility index (Phi) is 7.56. The molecule has 1 amide bonds. The number of rotatable bonds is 6. The molecule has 0 radical (unpaired) electrons. The minimum Gasteiger partial charge on any atom is -0.508 e. The quantitative estimate of drug-likeness (QED) is 0.254. The molecule has 0 unspecified atom stereocenters. The van der Waals surface area contributed by atoms with Crippen LogP contribution in [0.2, 0.25) is 0 Å². The van der Waals surface area contributed by atoms with Crippen LogP contribution in [-0.2, 0) is 17.6 Å². The highest BCUT2D eigenvalue weighted by Gasteiger charge is 2.27. The Morgan fingerprint density at radius 3 is 2.31 bits per heavy atom. The Balaban J connectivity index is 1.67. The van der Waals surface area contributed by atoms with Crippen LogP contribution in [-0.4, -0.2) is 28.0 Å². The Hall–Kier alpha value is -3.49. The summed E-state index contributed by atoms with van der Waals surface area (Å²) < 4.78 is 55.8. The van der Waals surface area contributed by atoms with Gasteiger partial charge in [0.05, 0.1) is 24.0 Å². The second kappa shape index (κ2) is 10.6. The van der Waals surface area contributed by atoms with Crippen molar-refractivity contribution in [1.82, 2.24) is 9.97 Å². The molecule has 1 aliphatic carbocycles. The van der Waals surface area contributed by atoms with E-state index in [1.54, 1.807) is 24.3 Å². The van der Waals surface area contributed by atoms with Gasteiger partial charge in [-0.2, -0.15) is 0 Å². The smallest absolute Gasteiger partial charge is 0.232 e. The number of anilines is 1. The third kappa shape index (κ3) is 5.20. The highest BCUT2D eigenvalue weighted by molar-refractivity contribution is 5.94. The van der Waals surface area contributed by atoms with Gasteiger partial charge in [-0.25, -0.2) is 27.5 Å². The second-order valence-corrected chi connectivity index (χ2v) is 9.27. The molecule has 0 aliphatic heterocycles. The minimum absolute atomic E-state index is 0.118. The number of hydrogen-bond acceptors (Lipinski definition) is 4. The lowest BCUT2D eigenvalue weighted by molar-refractivity contribution is -0.117. The first-order valence-corrected chi connectivity index (χ1v) is 11.9. The first-order chi connectivity index (χ1) is 17.2. The van der Waals surface area contributed by atoms with Crippen molar-refractivity contribution in [2.45, 2.75) is 51.9 Å². The van der Waals surface area contributed by atoms with Gasteiger partial charge in [-0.05, 0) is 49.1 Å². The highest BCUT2D eigenvalue weighted by Crippen LogP contribution is 2.31. The first-order valence-electron chi connectivity index (χ1n) is 11.9. The molecule has 36 heavy (non-hydrogen) atoms. The standard InChI is InChI=1S/C27H27F4N3O2/c1-15-19(24(29)26(31)25(30)23(15)28)13-22(36)34(2)27-20(12-16-6-4-3-5-7-16)33-21(14-32-27)17-8-10-18(35)11-9-17/h8-11,14,16,35H,3-7,12-13H2,1-2H3. The van der Waals surface area contributed by atoms with Crippen LogP contribution in [0.25, 0.3) is 11.3 Å². The number of phenolic OH excluding ortho intramolecular Hbond substituents is 1. The monoisotopic (exact) mass is 501 g/mol. The number of halogens is 4. The SMILES string of the molecule is Cc1c(F)c(F)c(F)c(F)c1CC(=O)N(C)c1ncc(-c2ccc(O)cc2)nc1CC1CCCCC1. The van der Waals surface area contributed by atoms with Crippen LogP contribution < -0.4 is 4.90 Å². The normalized spacial score (nSPS) is 14.2. The Bertz CT molecular complexity index is 1250. The molecule has 3 aromatic rings. The van der Waals surface area contributed by atoms with E-state index >= 15 is 0 Å². The number of carbonyl (C=O) groups excluding carboxylic acids is 1. The molecule has 0 spiro atoms. The molecule has 2 aromatic carbocycles. The first kappa shape index (κ1) is 25.6. The van der Waals surface area contributed by atoms with Gasteiger partial charge in [0.15, 0.2) is 29.1 Å². The van der Waals surface area contributed by atoms with Crippen LogP contribution in [0.15, 0.2) is 30.5 Å². The number of carbonyl (C=O) groups is 1. The molecule has 9 heteroatoms. The Morgan fingerprint density at radius 1 is 1.00 bits per heavy atom. The van der Waals surface area contributed by atoms with Crippen molar-refractivity contribution in [1.29, 1.82) is 0 Å². The second-order valence-electron chi connectivity index (χ2n) is 9.27. The molecule has 0 bridgehead atoms. The molecule has 1 aromatic heterocycles. The van der Waals surface area contributed by atoms with Crippen LogP contribution in [0.1, 0.15) is 48.9 Å². The van der Waals surface area contributed by atoms with E-state index in [1.807, 2.05) is 0 Å². The largest absolute Gasteiger partial charge is 0.508 e. The zero-order chi connectivity index (χ0) is 26.0. The number of aromatic hydroxyl groups is 1. The number of benzene rings is 2. The summed E-state index contributed by atoms with van der Waals surface area (Å²) in [7, 11) is 1.44. The summed E-state index contributed by atoms with van der Waals surface area (Å²) in [5.41, 5.74) is 0.891. The summed E-state index contributed by atoms with van der Waals surface area (Å²) >= 11 is 0. The van der Waals surface area contributed by atoms with Crippen molar-refractivity contribution >= 4 is 11.7 Å². The number of amides is 1. The molecule has 0 saturated heterocycles. The zero-order valence-corrected chi connectivity index (χ0v) is 20.1. The molecule has 1 fully saturated rings. The lowest BCUT2D eigenvalue weighted by Crippen LogP contribution is -2.31. The molecule has 4 rings (SSSR count). The Labute approximate surface area is 206 Å². The van der Waals surface area contributed by atoms with Gasteiger partial charge in [0.25, 0.3) is 0 Å². The van der Waals surface area contributed by atoms with E-state index in [1.165, 1.54) is 24.6 Å². The number of phenols is 1. The minimum atomic E-state index is -1.94. The van der Waals surface area contributed by atoms with Gasteiger partial charge in [-0.1, -0.05) is 32.1 Å². The predicted molar refractivity (Wildman–Crippen MR) is 128 cm³/mol. The van der Waals surface area contributed by atoms with Gasteiger partial charge in [0.2, 0.25) is 5.91 Å². The molecule has 1 saturated carbocycles. The van der Waals surface area contributed by atoms with E-state index in [-0.39, 0.29) is 11.6 Å². The van der Waals surface area contributed by atoms with Crippen molar-refractivity contribution in [2.75, 3.05) is 11.9 Å². The van der Waals surface area contributed by atoms with Gasteiger partial charge >= 0.3 is 0 Å². The molecule has 1 heterocycles. The van der Waals surface area contributed by atoms with Crippen molar-refractivity contribution < 1.29 is 27.5 Å². The summed E-state index contributed by atoms with van der Waals surface area (Å²) in [6.07, 6.45) is 6.86. The van der Waals surface area contributed by atoms with Gasteiger partial charge < -0.3 is 5.11 Å². The average Bonchev–Trinajstić information content (AvgIpc) is 2.89. The summed E-state index contributed by atoms with van der Waals surface area (Å²) in [6.45, 7) is 1.10. The molecule has 1 N–H and O–H groups in total. The lowest BCUT2D eigenvalue weighted by atomic mass is 9.86. The molecular formula is C27H27F4N3O2. The lowest BCUT2D eigenvalue weighted by Gasteiger charge is -2.25. The fourth-order valence-corrected chi connectivity index (χ4v) is 4.66.